The molecule has 0 amide bonds. The van der Waals surface area contributed by atoms with Crippen LogP contribution in [0.5, 0.6) is 5.88 Å². The molecule has 1 saturated carbocycles. The summed E-state index contributed by atoms with van der Waals surface area (Å²) in [5, 5.41) is 11.4. The van der Waals surface area contributed by atoms with Crippen LogP contribution in [0.2, 0.25) is 5.02 Å². The molecular weight excluding hydrogens is 530 g/mol. The fourth-order valence-corrected chi connectivity index (χ4v) is 5.62. The molecule has 0 aromatic carbocycles. The summed E-state index contributed by atoms with van der Waals surface area (Å²) in [7, 11) is 0. The van der Waals surface area contributed by atoms with Crippen molar-refractivity contribution in [2.75, 3.05) is 13.1 Å². The number of aromatic nitrogens is 6. The van der Waals surface area contributed by atoms with E-state index in [9.17, 15) is 0 Å². The van der Waals surface area contributed by atoms with E-state index < -0.39 is 0 Å². The lowest BCUT2D eigenvalue weighted by atomic mass is 9.95. The fourth-order valence-electron chi connectivity index (χ4n) is 4.88. The van der Waals surface area contributed by atoms with Gasteiger partial charge in [-0.05, 0) is 72.8 Å². The zero-order chi connectivity index (χ0) is 23.8. The molecule has 6 rings (SSSR count). The zero-order valence-electron chi connectivity index (χ0n) is 19.4. The average Bonchev–Trinajstić information content (AvgIpc) is 3.61. The van der Waals surface area contributed by atoms with Gasteiger partial charge in [-0.2, -0.15) is 0 Å². The zero-order valence-corrected chi connectivity index (χ0v) is 21.7. The largest absolute Gasteiger partial charge is 0.468 e. The summed E-state index contributed by atoms with van der Waals surface area (Å²) in [4.78, 5) is 15.9. The van der Waals surface area contributed by atoms with Gasteiger partial charge in [0.25, 0.3) is 0 Å². The van der Waals surface area contributed by atoms with Crippen molar-refractivity contribution in [2.24, 2.45) is 5.92 Å². The lowest BCUT2D eigenvalue weighted by Gasteiger charge is -2.31. The average molecular weight is 557 g/mol. The number of pyridine rings is 1. The standard InChI is InChI=1S/C25H27BrClN7O/c26-22-21(5-4-20-23(22)31-32-34(20)14-16-2-3-16)35-25-18(12-19(27)13-30-25)15-33-10-6-17(7-11-33)24-28-8-1-9-29-24/h1,4,8-9,12-13,16-17,21H,2-3,5-7,10-11,14-15H2. The first-order chi connectivity index (χ1) is 17.1. The number of piperidine rings is 1. The van der Waals surface area contributed by atoms with Gasteiger partial charge in [0.05, 0.1) is 14.9 Å². The molecule has 35 heavy (non-hydrogen) atoms. The molecule has 0 spiro atoms. The lowest BCUT2D eigenvalue weighted by Crippen LogP contribution is -2.39. The van der Waals surface area contributed by atoms with Crippen LogP contribution >= 0.6 is 27.5 Å². The number of likely N-dealkylation sites (tertiary alicyclic amines) is 1. The summed E-state index contributed by atoms with van der Waals surface area (Å²) >= 11 is 10.1. The number of hydrogen-bond acceptors (Lipinski definition) is 7. The minimum atomic E-state index is -0.193. The maximum absolute atomic E-state index is 6.44. The van der Waals surface area contributed by atoms with Gasteiger partial charge < -0.3 is 4.74 Å². The maximum atomic E-state index is 6.44. The van der Waals surface area contributed by atoms with Crippen LogP contribution < -0.4 is 15.4 Å². The Morgan fingerprint density at radius 3 is 2.66 bits per heavy atom. The molecule has 182 valence electrons. The smallest absolute Gasteiger partial charge is 0.218 e. The van der Waals surface area contributed by atoms with E-state index in [-0.39, 0.29) is 6.10 Å². The number of fused-ring (bicyclic) bond motifs is 1. The lowest BCUT2D eigenvalue weighted by molar-refractivity contribution is 0.194. The third kappa shape index (κ3) is 5.13. The van der Waals surface area contributed by atoms with Crippen molar-refractivity contribution in [3.63, 3.8) is 0 Å². The van der Waals surface area contributed by atoms with E-state index in [1.807, 2.05) is 29.2 Å². The van der Waals surface area contributed by atoms with Gasteiger partial charge in [-0.25, -0.2) is 19.6 Å². The second-order valence-electron chi connectivity index (χ2n) is 9.62. The molecule has 3 aromatic heterocycles. The van der Waals surface area contributed by atoms with Crippen LogP contribution in [0.15, 0.2) is 30.7 Å². The Morgan fingerprint density at radius 2 is 1.89 bits per heavy atom. The highest BCUT2D eigenvalue weighted by atomic mass is 79.9. The van der Waals surface area contributed by atoms with E-state index in [4.69, 9.17) is 16.3 Å². The predicted molar refractivity (Wildman–Crippen MR) is 136 cm³/mol. The number of halogens is 2. The van der Waals surface area contributed by atoms with Crippen LogP contribution in [-0.4, -0.2) is 54.0 Å². The first kappa shape index (κ1) is 23.1. The molecule has 3 aromatic rings. The van der Waals surface area contributed by atoms with E-state index in [1.165, 1.54) is 12.8 Å². The van der Waals surface area contributed by atoms with Gasteiger partial charge in [0.2, 0.25) is 5.88 Å². The molecule has 0 N–H and O–H groups in total. The molecule has 3 aliphatic rings. The van der Waals surface area contributed by atoms with Gasteiger partial charge in [-0.3, -0.25) is 4.90 Å². The second kappa shape index (κ2) is 9.95. The third-order valence-electron chi connectivity index (χ3n) is 7.01. The maximum Gasteiger partial charge on any atom is 0.218 e. The highest BCUT2D eigenvalue weighted by Gasteiger charge is 2.27. The summed E-state index contributed by atoms with van der Waals surface area (Å²) < 4.78 is 9.38. The van der Waals surface area contributed by atoms with Crippen LogP contribution in [0.3, 0.4) is 0 Å². The molecule has 4 heterocycles. The van der Waals surface area contributed by atoms with Gasteiger partial charge >= 0.3 is 0 Å². The topological polar surface area (TPSA) is 81.9 Å². The van der Waals surface area contributed by atoms with Crippen LogP contribution in [0.25, 0.3) is 10.6 Å². The molecule has 2 fully saturated rings. The molecule has 0 radical (unpaired) electrons. The Hall–Kier alpha value is -2.36. The number of ether oxygens (including phenoxy) is 1. The second-order valence-corrected chi connectivity index (χ2v) is 10.9. The van der Waals surface area contributed by atoms with E-state index in [2.05, 4.69) is 52.2 Å². The summed E-state index contributed by atoms with van der Waals surface area (Å²) in [6.07, 6.45) is 12.7. The van der Waals surface area contributed by atoms with Crippen LogP contribution in [-0.2, 0) is 13.1 Å². The van der Waals surface area contributed by atoms with Gasteiger partial charge in [0.15, 0.2) is 0 Å². The molecule has 1 saturated heterocycles. The fraction of sp³-hybridized carbons (Fsp3) is 0.480. The van der Waals surface area contributed by atoms with E-state index in [1.54, 1.807) is 6.20 Å². The van der Waals surface area contributed by atoms with Crippen molar-refractivity contribution in [2.45, 2.75) is 57.2 Å². The molecule has 1 unspecified atom stereocenters. The van der Waals surface area contributed by atoms with Crippen LogP contribution in [0.1, 0.15) is 49.4 Å². The SMILES string of the molecule is Clc1cnc(OC2CC=c3c(nnn3CC3CC3)=C2Br)c(CN2CCC(c3ncccn3)CC2)c1. The van der Waals surface area contributed by atoms with Crippen molar-refractivity contribution in [1.82, 2.24) is 34.8 Å². The molecule has 1 aliphatic heterocycles. The Labute approximate surface area is 217 Å². The number of hydrogen-bond donors (Lipinski definition) is 0. The predicted octanol–water partition coefficient (Wildman–Crippen LogP) is 3.04. The Bertz CT molecular complexity index is 1320. The highest BCUT2D eigenvalue weighted by molar-refractivity contribution is 9.15. The first-order valence-corrected chi connectivity index (χ1v) is 13.4. The molecule has 1 atom stereocenters. The number of rotatable bonds is 7. The Kier molecular flexibility index (Phi) is 6.56. The quantitative estimate of drug-likeness (QED) is 0.442. The van der Waals surface area contributed by atoms with Gasteiger partial charge in [0, 0.05) is 49.6 Å². The summed E-state index contributed by atoms with van der Waals surface area (Å²) in [5.41, 5.74) is 0.996. The highest BCUT2D eigenvalue weighted by Crippen LogP contribution is 2.31. The van der Waals surface area contributed by atoms with Crippen LogP contribution in [0.4, 0.5) is 0 Å². The van der Waals surface area contributed by atoms with Crippen molar-refractivity contribution in [3.8, 4) is 5.88 Å². The number of nitrogens with zero attached hydrogens (tertiary/aromatic N) is 7. The molecule has 2 aliphatic carbocycles. The van der Waals surface area contributed by atoms with Crippen molar-refractivity contribution < 1.29 is 4.74 Å². The van der Waals surface area contributed by atoms with Crippen molar-refractivity contribution >= 4 is 38.1 Å². The molecule has 8 nitrogen and oxygen atoms in total. The minimum absolute atomic E-state index is 0.193. The van der Waals surface area contributed by atoms with Crippen molar-refractivity contribution in [3.05, 3.63) is 57.8 Å². The summed E-state index contributed by atoms with van der Waals surface area (Å²) in [6, 6.07) is 3.83. The molecule has 10 heteroatoms. The molecular formula is C25H27BrClN7O. The summed E-state index contributed by atoms with van der Waals surface area (Å²) in [5.74, 6) is 2.72. The first-order valence-electron chi connectivity index (χ1n) is 12.2. The van der Waals surface area contributed by atoms with Crippen molar-refractivity contribution in [1.29, 1.82) is 0 Å². The normalized spacial score (nSPS) is 21.0. The minimum Gasteiger partial charge on any atom is -0.468 e. The van der Waals surface area contributed by atoms with Gasteiger partial charge in [-0.1, -0.05) is 22.9 Å². The van der Waals surface area contributed by atoms with E-state index >= 15 is 0 Å². The Morgan fingerprint density at radius 1 is 1.09 bits per heavy atom. The van der Waals surface area contributed by atoms with E-state index in [0.29, 0.717) is 16.8 Å². The van der Waals surface area contributed by atoms with Gasteiger partial charge in [-0.15, -0.1) is 5.10 Å². The van der Waals surface area contributed by atoms with E-state index in [0.717, 1.165) is 77.9 Å². The van der Waals surface area contributed by atoms with Crippen LogP contribution in [0, 0.1) is 5.92 Å². The monoisotopic (exact) mass is 555 g/mol. The molecule has 0 bridgehead atoms. The summed E-state index contributed by atoms with van der Waals surface area (Å²) in [6.45, 7) is 3.62. The Balaban J connectivity index is 1.16. The third-order valence-corrected chi connectivity index (χ3v) is 8.11. The van der Waals surface area contributed by atoms with Gasteiger partial charge in [0.1, 0.15) is 17.3 Å².